The number of aromatic nitrogens is 2. The summed E-state index contributed by atoms with van der Waals surface area (Å²) in [4.78, 5) is 20.8. The Morgan fingerprint density at radius 2 is 1.92 bits per heavy atom. The Morgan fingerprint density at radius 3 is 2.69 bits per heavy atom. The summed E-state index contributed by atoms with van der Waals surface area (Å²) in [6, 6.07) is 15.2. The Labute approximate surface area is 239 Å². The number of hydrogen-bond donors (Lipinski definition) is 0. The number of nitrogens with zero attached hydrogens (tertiary/aromatic N) is 5. The average molecular weight is 593 g/mol. The molecule has 0 N–H and O–H groups in total. The van der Waals surface area contributed by atoms with E-state index in [9.17, 15) is 4.79 Å². The molecule has 3 atom stereocenters. The zero-order chi connectivity index (χ0) is 27.1. The van der Waals surface area contributed by atoms with Crippen LogP contribution in [0.2, 0.25) is 0 Å². The summed E-state index contributed by atoms with van der Waals surface area (Å²) in [6.45, 7) is 12.2. The van der Waals surface area contributed by atoms with Crippen LogP contribution in [0.3, 0.4) is 0 Å². The van der Waals surface area contributed by atoms with Gasteiger partial charge in [0.2, 0.25) is 0 Å². The molecule has 2 aliphatic heterocycles. The molecule has 1 aromatic heterocycles. The number of likely N-dealkylation sites (tertiary alicyclic amines) is 1. The predicted octanol–water partition coefficient (Wildman–Crippen LogP) is 5.10. The van der Waals surface area contributed by atoms with Gasteiger partial charge in [0, 0.05) is 67.2 Å². The fraction of sp³-hybridized carbons (Fsp3) is 0.516. The lowest BCUT2D eigenvalue weighted by Gasteiger charge is -2.53. The first-order chi connectivity index (χ1) is 18.9. The lowest BCUT2D eigenvalue weighted by Crippen LogP contribution is -2.62. The Bertz CT molecular complexity index is 1350. The SMILES string of the molecule is CCO[C@@H]1Cc2cc(Br)ccc2[C@@H]1N1CCN(C2(C)CCN(C(=O)c3cnnc4ccccc34)CC2)C[C@@H]1C. The summed E-state index contributed by atoms with van der Waals surface area (Å²) in [5.74, 6) is 0.0647. The van der Waals surface area contributed by atoms with Gasteiger partial charge in [-0.1, -0.05) is 40.2 Å². The van der Waals surface area contributed by atoms with Gasteiger partial charge in [0.15, 0.2) is 0 Å². The molecule has 7 nitrogen and oxygen atoms in total. The molecule has 0 bridgehead atoms. The van der Waals surface area contributed by atoms with Crippen LogP contribution in [0.4, 0.5) is 0 Å². The minimum Gasteiger partial charge on any atom is -0.376 e. The minimum absolute atomic E-state index is 0.0647. The van der Waals surface area contributed by atoms with Crippen LogP contribution in [0.5, 0.6) is 0 Å². The van der Waals surface area contributed by atoms with E-state index in [1.54, 1.807) is 6.20 Å². The number of hydrogen-bond acceptors (Lipinski definition) is 6. The van der Waals surface area contributed by atoms with Crippen molar-refractivity contribution in [2.45, 2.75) is 63.8 Å². The highest BCUT2D eigenvalue weighted by molar-refractivity contribution is 9.10. The first-order valence-electron chi connectivity index (χ1n) is 14.3. The van der Waals surface area contributed by atoms with E-state index in [4.69, 9.17) is 4.74 Å². The highest BCUT2D eigenvalue weighted by atomic mass is 79.9. The standard InChI is InChI=1S/C31H38BrN5O2/c1-4-39-28-18-22-17-23(32)9-10-24(22)29(28)37-16-15-36(20-21(37)2)31(3)11-13-35(14-12-31)30(38)26-19-33-34-27-8-6-5-7-25(26)27/h5-10,17,19,21,28-29H,4,11-16,18,20H2,1-3H3/t21-,28+,29-/m0/s1. The summed E-state index contributed by atoms with van der Waals surface area (Å²) in [5.41, 5.74) is 4.34. The molecule has 0 spiro atoms. The smallest absolute Gasteiger partial charge is 0.256 e. The molecule has 1 aliphatic carbocycles. The van der Waals surface area contributed by atoms with Crippen molar-refractivity contribution in [3.8, 4) is 0 Å². The molecule has 0 saturated carbocycles. The second-order valence-corrected chi connectivity index (χ2v) is 12.5. The first-order valence-corrected chi connectivity index (χ1v) is 15.1. The number of halogens is 1. The molecular weight excluding hydrogens is 554 g/mol. The molecule has 0 unspecified atom stereocenters. The van der Waals surface area contributed by atoms with Crippen LogP contribution < -0.4 is 0 Å². The number of piperazine rings is 1. The second kappa shape index (κ2) is 10.9. The number of ether oxygens (including phenoxy) is 1. The number of piperidine rings is 1. The van der Waals surface area contributed by atoms with Crippen molar-refractivity contribution in [1.82, 2.24) is 24.9 Å². The van der Waals surface area contributed by atoms with Crippen molar-refractivity contribution in [1.29, 1.82) is 0 Å². The number of fused-ring (bicyclic) bond motifs is 2. The molecule has 3 aliphatic rings. The summed E-state index contributed by atoms with van der Waals surface area (Å²) in [7, 11) is 0. The van der Waals surface area contributed by atoms with E-state index in [-0.39, 0.29) is 17.6 Å². The van der Waals surface area contributed by atoms with Gasteiger partial charge >= 0.3 is 0 Å². The summed E-state index contributed by atoms with van der Waals surface area (Å²) < 4.78 is 7.42. The third kappa shape index (κ3) is 5.01. The van der Waals surface area contributed by atoms with Crippen molar-refractivity contribution in [3.05, 3.63) is 69.8 Å². The third-order valence-electron chi connectivity index (χ3n) is 9.28. The fourth-order valence-electron chi connectivity index (χ4n) is 7.06. The zero-order valence-corrected chi connectivity index (χ0v) is 24.7. The van der Waals surface area contributed by atoms with Crippen LogP contribution in [-0.2, 0) is 11.2 Å². The Morgan fingerprint density at radius 1 is 1.13 bits per heavy atom. The highest BCUT2D eigenvalue weighted by Gasteiger charge is 2.44. The molecule has 6 rings (SSSR count). The van der Waals surface area contributed by atoms with Gasteiger partial charge in [0.05, 0.1) is 29.4 Å². The molecule has 3 aromatic rings. The van der Waals surface area contributed by atoms with Gasteiger partial charge in [-0.3, -0.25) is 14.6 Å². The van der Waals surface area contributed by atoms with Crippen LogP contribution in [0.1, 0.15) is 61.1 Å². The predicted molar refractivity (Wildman–Crippen MR) is 157 cm³/mol. The van der Waals surface area contributed by atoms with E-state index < -0.39 is 0 Å². The van der Waals surface area contributed by atoms with Crippen molar-refractivity contribution in [2.75, 3.05) is 39.3 Å². The maximum atomic E-state index is 13.5. The van der Waals surface area contributed by atoms with Gasteiger partial charge in [0.1, 0.15) is 0 Å². The van der Waals surface area contributed by atoms with Crippen molar-refractivity contribution < 1.29 is 9.53 Å². The van der Waals surface area contributed by atoms with Gasteiger partial charge in [0.25, 0.3) is 5.91 Å². The first kappa shape index (κ1) is 26.8. The molecular formula is C31H38BrN5O2. The van der Waals surface area contributed by atoms with Gasteiger partial charge in [-0.15, -0.1) is 0 Å². The van der Waals surface area contributed by atoms with Gasteiger partial charge < -0.3 is 9.64 Å². The Balaban J connectivity index is 1.12. The average Bonchev–Trinajstić information content (AvgIpc) is 3.29. The fourth-order valence-corrected chi connectivity index (χ4v) is 7.46. The van der Waals surface area contributed by atoms with E-state index in [1.807, 2.05) is 29.2 Å². The number of amides is 1. The molecule has 2 saturated heterocycles. The van der Waals surface area contributed by atoms with Gasteiger partial charge in [-0.25, -0.2) is 0 Å². The largest absolute Gasteiger partial charge is 0.376 e. The molecule has 206 valence electrons. The second-order valence-electron chi connectivity index (χ2n) is 11.6. The van der Waals surface area contributed by atoms with Gasteiger partial charge in [-0.2, -0.15) is 10.2 Å². The van der Waals surface area contributed by atoms with Crippen LogP contribution in [0, 0.1) is 0 Å². The van der Waals surface area contributed by atoms with Crippen molar-refractivity contribution in [3.63, 3.8) is 0 Å². The molecule has 2 fully saturated rings. The van der Waals surface area contributed by atoms with Crippen molar-refractivity contribution in [2.24, 2.45) is 0 Å². The molecule has 3 heterocycles. The van der Waals surface area contributed by atoms with Crippen LogP contribution in [0.25, 0.3) is 10.9 Å². The van der Waals surface area contributed by atoms with E-state index in [0.717, 1.165) is 74.0 Å². The lowest BCUT2D eigenvalue weighted by atomic mass is 9.86. The maximum absolute atomic E-state index is 13.5. The van der Waals surface area contributed by atoms with E-state index in [1.165, 1.54) is 11.1 Å². The number of benzene rings is 2. The number of rotatable bonds is 5. The molecule has 8 heteroatoms. The summed E-state index contributed by atoms with van der Waals surface area (Å²) >= 11 is 3.65. The third-order valence-corrected chi connectivity index (χ3v) is 9.78. The lowest BCUT2D eigenvalue weighted by molar-refractivity contribution is -0.0630. The van der Waals surface area contributed by atoms with E-state index in [2.05, 4.69) is 74.9 Å². The van der Waals surface area contributed by atoms with Crippen LogP contribution in [-0.4, -0.2) is 87.8 Å². The quantitative estimate of drug-likeness (QED) is 0.411. The molecule has 1 amide bonds. The zero-order valence-electron chi connectivity index (χ0n) is 23.1. The monoisotopic (exact) mass is 591 g/mol. The topological polar surface area (TPSA) is 61.8 Å². The summed E-state index contributed by atoms with van der Waals surface area (Å²) in [5, 5.41) is 9.15. The molecule has 2 aromatic carbocycles. The summed E-state index contributed by atoms with van der Waals surface area (Å²) in [6.07, 6.45) is 4.75. The Hall–Kier alpha value is -2.39. The Kier molecular flexibility index (Phi) is 7.48. The van der Waals surface area contributed by atoms with E-state index >= 15 is 0 Å². The number of carbonyl (C=O) groups excluding carboxylic acids is 1. The maximum Gasteiger partial charge on any atom is 0.256 e. The van der Waals surface area contributed by atoms with Crippen molar-refractivity contribution >= 4 is 32.7 Å². The van der Waals surface area contributed by atoms with Crippen LogP contribution >= 0.6 is 15.9 Å². The number of carbonyl (C=O) groups is 1. The van der Waals surface area contributed by atoms with Gasteiger partial charge in [-0.05, 0) is 62.9 Å². The highest BCUT2D eigenvalue weighted by Crippen LogP contribution is 2.42. The van der Waals surface area contributed by atoms with E-state index in [0.29, 0.717) is 17.6 Å². The van der Waals surface area contributed by atoms with Crippen LogP contribution in [0.15, 0.2) is 53.1 Å². The normalized spacial score (nSPS) is 25.6. The molecule has 39 heavy (non-hydrogen) atoms. The molecule has 0 radical (unpaired) electrons. The minimum atomic E-state index is 0.0647.